The Hall–Kier alpha value is -2.14. The van der Waals surface area contributed by atoms with E-state index in [9.17, 15) is 5.11 Å². The Morgan fingerprint density at radius 3 is 0.549 bits per heavy atom. The number of nitrogens with zero attached hydrogens (tertiary/aromatic N) is 1. The summed E-state index contributed by atoms with van der Waals surface area (Å²) in [5.41, 5.74) is 0.883. The highest BCUT2D eigenvalue weighted by Crippen LogP contribution is 2.19. The normalized spacial score (nSPS) is 11.7. The summed E-state index contributed by atoms with van der Waals surface area (Å²) in [5, 5.41) is 10.1. The molecule has 1 rings (SSSR count). The lowest BCUT2D eigenvalue weighted by Crippen LogP contribution is -2.31. The number of anilines is 1. The first-order chi connectivity index (χ1) is 40.8. The van der Waals surface area contributed by atoms with Gasteiger partial charge in [0.05, 0.1) is 304 Å². The summed E-state index contributed by atoms with van der Waals surface area (Å²) >= 11 is 0. The monoisotopic (exact) mass is 1190 g/mol. The van der Waals surface area contributed by atoms with E-state index in [1.54, 1.807) is 26.4 Å². The Kier molecular flexibility index (Phi) is 66.1. The molecule has 0 aliphatic carbocycles. The number of aromatic hydroxyl groups is 1. The van der Waals surface area contributed by atoms with E-state index in [-0.39, 0.29) is 5.75 Å². The number of phenolic OH excluding ortho intramolecular Hbond substituents is 1. The molecule has 26 nitrogen and oxygen atoms in total. The molecule has 0 spiro atoms. The van der Waals surface area contributed by atoms with Crippen molar-refractivity contribution in [3.05, 3.63) is 24.3 Å². The molecule has 82 heavy (non-hydrogen) atoms. The first kappa shape index (κ1) is 77.9. The fourth-order valence-electron chi connectivity index (χ4n) is 6.30. The maximum atomic E-state index is 10.1. The maximum Gasteiger partial charge on any atom is 0.117 e. The first-order valence-electron chi connectivity index (χ1n) is 29.0. The lowest BCUT2D eigenvalue weighted by atomic mass is 10.2. The van der Waals surface area contributed by atoms with Crippen LogP contribution in [0, 0.1) is 0 Å². The maximum absolute atomic E-state index is 10.1. The van der Waals surface area contributed by atoms with Crippen molar-refractivity contribution in [2.45, 2.75) is 0 Å². The zero-order valence-electron chi connectivity index (χ0n) is 49.9. The van der Waals surface area contributed by atoms with Crippen molar-refractivity contribution in [1.29, 1.82) is 0 Å². The van der Waals surface area contributed by atoms with Crippen LogP contribution in [0.5, 0.6) is 5.75 Å². The summed E-state index contributed by atoms with van der Waals surface area (Å²) in [7, 11) is 3.29. The van der Waals surface area contributed by atoms with Crippen LogP contribution in [0.25, 0.3) is 0 Å². The summed E-state index contributed by atoms with van der Waals surface area (Å²) < 4.78 is 132. The molecular weight excluding hydrogens is 1090 g/mol. The summed E-state index contributed by atoms with van der Waals surface area (Å²) in [6, 6.07) is 7.14. The molecule has 0 atom stereocenters. The van der Waals surface area contributed by atoms with Gasteiger partial charge in [0.15, 0.2) is 0 Å². The largest absolute Gasteiger partial charge is 0.508 e. The van der Waals surface area contributed by atoms with Crippen LogP contribution < -0.4 is 4.90 Å². The van der Waals surface area contributed by atoms with Gasteiger partial charge >= 0.3 is 0 Å². The minimum atomic E-state index is 0.198. The van der Waals surface area contributed by atoms with E-state index in [0.717, 1.165) is 5.69 Å². The smallest absolute Gasteiger partial charge is 0.117 e. The van der Waals surface area contributed by atoms with Gasteiger partial charge in [0.25, 0.3) is 0 Å². The van der Waals surface area contributed by atoms with E-state index in [2.05, 4.69) is 4.90 Å². The molecule has 0 bridgehead atoms. The topological polar surface area (TPSA) is 245 Å². The molecule has 0 amide bonds. The van der Waals surface area contributed by atoms with Crippen LogP contribution in [-0.4, -0.2) is 336 Å². The fourth-order valence-corrected chi connectivity index (χ4v) is 6.30. The summed E-state index contributed by atoms with van der Waals surface area (Å²) in [6.07, 6.45) is 0. The Bertz CT molecular complexity index is 1270. The Balaban J connectivity index is 1.81. The summed E-state index contributed by atoms with van der Waals surface area (Å²) in [6.45, 7) is 24.1. The second kappa shape index (κ2) is 69.6. The van der Waals surface area contributed by atoms with Crippen molar-refractivity contribution in [2.24, 2.45) is 0 Å². The second-order valence-corrected chi connectivity index (χ2v) is 17.0. The Labute approximate surface area is 489 Å². The van der Waals surface area contributed by atoms with Crippen LogP contribution in [-0.2, 0) is 114 Å². The quantitative estimate of drug-likeness (QED) is 0.0915. The molecule has 0 radical (unpaired) electrons. The minimum Gasteiger partial charge on any atom is -0.508 e. The van der Waals surface area contributed by atoms with Crippen molar-refractivity contribution >= 4 is 5.69 Å². The highest BCUT2D eigenvalue weighted by Gasteiger charge is 2.08. The number of phenols is 1. The summed E-state index contributed by atoms with van der Waals surface area (Å²) in [5.74, 6) is 0.198. The number of rotatable bonds is 73. The van der Waals surface area contributed by atoms with Crippen molar-refractivity contribution in [3.8, 4) is 5.75 Å². The molecule has 0 unspecified atom stereocenters. The van der Waals surface area contributed by atoms with Gasteiger partial charge in [-0.15, -0.1) is 0 Å². The van der Waals surface area contributed by atoms with Gasteiger partial charge in [0.2, 0.25) is 0 Å². The van der Waals surface area contributed by atoms with Crippen molar-refractivity contribution in [2.75, 3.05) is 336 Å². The van der Waals surface area contributed by atoms with Gasteiger partial charge < -0.3 is 124 Å². The zero-order chi connectivity index (χ0) is 58.5. The molecule has 0 fully saturated rings. The molecule has 0 aliphatic heterocycles. The molecule has 0 saturated carbocycles. The number of ether oxygens (including phenoxy) is 24. The van der Waals surface area contributed by atoms with Gasteiger partial charge in [-0.25, -0.2) is 0 Å². The van der Waals surface area contributed by atoms with Gasteiger partial charge in [0, 0.05) is 39.1 Å². The first-order valence-corrected chi connectivity index (χ1v) is 29.0. The van der Waals surface area contributed by atoms with Gasteiger partial charge in [-0.3, -0.25) is 0 Å². The van der Waals surface area contributed by atoms with Gasteiger partial charge in [-0.05, 0) is 12.1 Å². The van der Waals surface area contributed by atoms with Crippen molar-refractivity contribution in [1.82, 2.24) is 0 Å². The molecule has 0 aliphatic rings. The third kappa shape index (κ3) is 62.4. The number of methoxy groups -OCH3 is 2. The molecule has 1 N–H and O–H groups in total. The lowest BCUT2D eigenvalue weighted by Gasteiger charge is -2.25. The van der Waals surface area contributed by atoms with Gasteiger partial charge in [-0.2, -0.15) is 0 Å². The van der Waals surface area contributed by atoms with Crippen molar-refractivity contribution in [3.63, 3.8) is 0 Å². The zero-order valence-corrected chi connectivity index (χ0v) is 49.9. The minimum absolute atomic E-state index is 0.198. The van der Waals surface area contributed by atoms with Crippen LogP contribution >= 0.6 is 0 Å². The van der Waals surface area contributed by atoms with Crippen LogP contribution in [0.15, 0.2) is 24.3 Å². The average Bonchev–Trinajstić information content (AvgIpc) is 3.54. The predicted octanol–water partition coefficient (Wildman–Crippen LogP) is 1.86. The van der Waals surface area contributed by atoms with Gasteiger partial charge in [-0.1, -0.05) is 6.07 Å². The third-order valence-corrected chi connectivity index (χ3v) is 10.5. The van der Waals surface area contributed by atoms with Crippen molar-refractivity contribution < 1.29 is 119 Å². The SMILES string of the molecule is COCCOCCOCCOCCOCCOCCOCCOCCOCCOCCOCCOCCN(CCOCCOCCOCCOCCOCCOCCOCCOCCOCCOCCOCCOC)c1cccc(O)c1. The Morgan fingerprint density at radius 1 is 0.232 bits per heavy atom. The van der Waals surface area contributed by atoms with Crippen LogP contribution in [0.2, 0.25) is 0 Å². The van der Waals surface area contributed by atoms with Crippen LogP contribution in [0.3, 0.4) is 0 Å². The number of hydrogen-bond acceptors (Lipinski definition) is 26. The third-order valence-electron chi connectivity index (χ3n) is 10.5. The molecule has 0 heterocycles. The highest BCUT2D eigenvalue weighted by atomic mass is 16.6. The second-order valence-electron chi connectivity index (χ2n) is 17.0. The van der Waals surface area contributed by atoms with Crippen LogP contribution in [0.1, 0.15) is 0 Å². The Morgan fingerprint density at radius 2 is 0.390 bits per heavy atom. The summed E-state index contributed by atoms with van der Waals surface area (Å²) in [4.78, 5) is 2.11. The van der Waals surface area contributed by atoms with Crippen LogP contribution in [0.4, 0.5) is 5.69 Å². The van der Waals surface area contributed by atoms with Gasteiger partial charge in [0.1, 0.15) is 5.75 Å². The molecule has 26 heteroatoms. The predicted molar refractivity (Wildman–Crippen MR) is 302 cm³/mol. The molecule has 486 valence electrons. The fraction of sp³-hybridized carbons (Fsp3) is 0.893. The number of benzene rings is 1. The molecule has 1 aromatic carbocycles. The van der Waals surface area contributed by atoms with E-state index in [1.165, 1.54) is 0 Å². The molecule has 0 aromatic heterocycles. The van der Waals surface area contributed by atoms with E-state index in [4.69, 9.17) is 114 Å². The average molecular weight is 1190 g/mol. The molecule has 1 aromatic rings. The highest BCUT2D eigenvalue weighted by molar-refractivity contribution is 5.50. The van der Waals surface area contributed by atoms with E-state index >= 15 is 0 Å². The van der Waals surface area contributed by atoms with E-state index in [0.29, 0.717) is 317 Å². The molecular formula is C56H107NO25. The standard InChI is InChI=1S/C56H107NO25/c1-59-10-12-63-18-20-67-26-28-71-34-36-75-42-44-79-50-52-81-48-46-77-40-38-73-32-30-69-24-22-65-16-14-61-8-6-57(55-4-3-5-56(58)54-55)7-9-62-15-17-66-23-25-70-31-33-74-39-41-78-47-49-82-53-51-80-45-43-76-37-35-72-29-27-68-21-19-64-13-11-60-2/h3-5,54,58H,6-53H2,1-2H3. The lowest BCUT2D eigenvalue weighted by molar-refractivity contribution is -0.0280. The van der Waals surface area contributed by atoms with E-state index in [1.807, 2.05) is 12.1 Å². The van der Waals surface area contributed by atoms with E-state index < -0.39 is 0 Å². The molecule has 0 saturated heterocycles. The number of hydrogen-bond donors (Lipinski definition) is 1.